The van der Waals surface area contributed by atoms with Gasteiger partial charge in [-0.2, -0.15) is 0 Å². The molecule has 0 bridgehead atoms. The summed E-state index contributed by atoms with van der Waals surface area (Å²) in [5.41, 5.74) is 11.0. The van der Waals surface area contributed by atoms with Gasteiger partial charge in [-0.15, -0.1) is 11.8 Å². The summed E-state index contributed by atoms with van der Waals surface area (Å²) in [4.78, 5) is 13.0. The number of para-hydroxylation sites is 1. The average molecular weight is 300 g/mol. The smallest absolute Gasteiger partial charge is 0.234 e. The van der Waals surface area contributed by atoms with Crippen LogP contribution in [0.5, 0.6) is 0 Å². The maximum absolute atomic E-state index is 12.0. The van der Waals surface area contributed by atoms with Gasteiger partial charge in [-0.25, -0.2) is 0 Å². The third-order valence-corrected chi connectivity index (χ3v) is 4.51. The van der Waals surface area contributed by atoms with E-state index in [4.69, 9.17) is 5.73 Å². The second kappa shape index (κ2) is 6.68. The first-order valence-electron chi connectivity index (χ1n) is 6.82. The number of thioether (sulfide) groups is 1. The van der Waals surface area contributed by atoms with Gasteiger partial charge < -0.3 is 11.1 Å². The lowest BCUT2D eigenvalue weighted by molar-refractivity contribution is -0.113. The first-order chi connectivity index (χ1) is 9.97. The normalized spacial score (nSPS) is 10.4. The van der Waals surface area contributed by atoms with Gasteiger partial charge in [-0.05, 0) is 55.7 Å². The molecule has 0 saturated heterocycles. The van der Waals surface area contributed by atoms with Gasteiger partial charge in [-0.1, -0.05) is 18.2 Å². The molecular weight excluding hydrogens is 280 g/mol. The van der Waals surface area contributed by atoms with Gasteiger partial charge in [0.1, 0.15) is 0 Å². The van der Waals surface area contributed by atoms with Gasteiger partial charge in [0, 0.05) is 16.3 Å². The highest BCUT2D eigenvalue weighted by Gasteiger charge is 2.07. The van der Waals surface area contributed by atoms with E-state index in [0.717, 1.165) is 21.8 Å². The topological polar surface area (TPSA) is 55.1 Å². The van der Waals surface area contributed by atoms with E-state index < -0.39 is 0 Å². The molecule has 0 fully saturated rings. The predicted molar refractivity (Wildman–Crippen MR) is 90.9 cm³/mol. The molecule has 0 aromatic heterocycles. The monoisotopic (exact) mass is 300 g/mol. The summed E-state index contributed by atoms with van der Waals surface area (Å²) in [6, 6.07) is 11.8. The lowest BCUT2D eigenvalue weighted by atomic mass is 10.1. The van der Waals surface area contributed by atoms with Gasteiger partial charge in [0.2, 0.25) is 5.91 Å². The molecular formula is C17H20N2OS. The van der Waals surface area contributed by atoms with Crippen molar-refractivity contribution in [3.8, 4) is 0 Å². The lowest BCUT2D eigenvalue weighted by Crippen LogP contribution is -2.14. The molecule has 110 valence electrons. The number of rotatable bonds is 4. The highest BCUT2D eigenvalue weighted by Crippen LogP contribution is 2.27. The summed E-state index contributed by atoms with van der Waals surface area (Å²) in [6.07, 6.45) is 0. The zero-order valence-corrected chi connectivity index (χ0v) is 13.4. The summed E-state index contributed by atoms with van der Waals surface area (Å²) in [6.45, 7) is 6.05. The molecule has 0 aliphatic rings. The Morgan fingerprint density at radius 2 is 1.86 bits per heavy atom. The SMILES string of the molecule is Cc1ccc(NC(=O)CSc2cccc(C)c2N)cc1C. The van der Waals surface area contributed by atoms with Gasteiger partial charge in [-0.3, -0.25) is 4.79 Å². The number of hydrogen-bond acceptors (Lipinski definition) is 3. The molecule has 0 spiro atoms. The average Bonchev–Trinajstić information content (AvgIpc) is 2.44. The van der Waals surface area contributed by atoms with Crippen LogP contribution in [-0.4, -0.2) is 11.7 Å². The van der Waals surface area contributed by atoms with Crippen LogP contribution in [-0.2, 0) is 4.79 Å². The van der Waals surface area contributed by atoms with E-state index >= 15 is 0 Å². The number of aryl methyl sites for hydroxylation is 3. The van der Waals surface area contributed by atoms with Crippen LogP contribution in [0.4, 0.5) is 11.4 Å². The number of benzene rings is 2. The minimum absolute atomic E-state index is 0.0239. The van der Waals surface area contributed by atoms with Crippen LogP contribution in [0.15, 0.2) is 41.3 Å². The zero-order chi connectivity index (χ0) is 15.4. The van der Waals surface area contributed by atoms with Crippen molar-refractivity contribution >= 4 is 29.0 Å². The largest absolute Gasteiger partial charge is 0.398 e. The molecule has 0 radical (unpaired) electrons. The fraction of sp³-hybridized carbons (Fsp3) is 0.235. The zero-order valence-electron chi connectivity index (χ0n) is 12.6. The Morgan fingerprint density at radius 3 is 2.57 bits per heavy atom. The minimum Gasteiger partial charge on any atom is -0.398 e. The summed E-state index contributed by atoms with van der Waals surface area (Å²) >= 11 is 1.46. The number of amides is 1. The standard InChI is InChI=1S/C17H20N2OS/c1-11-7-8-14(9-13(11)3)19-16(20)10-21-15-6-4-5-12(2)17(15)18/h4-9H,10,18H2,1-3H3,(H,19,20). The molecule has 21 heavy (non-hydrogen) atoms. The highest BCUT2D eigenvalue weighted by atomic mass is 32.2. The molecule has 0 heterocycles. The Morgan fingerprint density at radius 1 is 1.10 bits per heavy atom. The van der Waals surface area contributed by atoms with Crippen molar-refractivity contribution in [2.24, 2.45) is 0 Å². The highest BCUT2D eigenvalue weighted by molar-refractivity contribution is 8.00. The van der Waals surface area contributed by atoms with E-state index in [2.05, 4.69) is 12.2 Å². The van der Waals surface area contributed by atoms with Crippen molar-refractivity contribution in [1.29, 1.82) is 0 Å². The van der Waals surface area contributed by atoms with E-state index in [9.17, 15) is 4.79 Å². The minimum atomic E-state index is -0.0239. The van der Waals surface area contributed by atoms with Crippen LogP contribution in [0.2, 0.25) is 0 Å². The van der Waals surface area contributed by atoms with E-state index in [1.54, 1.807) is 0 Å². The van der Waals surface area contributed by atoms with Crippen LogP contribution >= 0.6 is 11.8 Å². The quantitative estimate of drug-likeness (QED) is 0.664. The van der Waals surface area contributed by atoms with Gasteiger partial charge >= 0.3 is 0 Å². The number of anilines is 2. The lowest BCUT2D eigenvalue weighted by Gasteiger charge is -2.09. The van der Waals surface area contributed by atoms with Crippen molar-refractivity contribution in [3.63, 3.8) is 0 Å². The molecule has 3 N–H and O–H groups in total. The second-order valence-electron chi connectivity index (χ2n) is 5.12. The molecule has 0 aliphatic heterocycles. The predicted octanol–water partition coefficient (Wildman–Crippen LogP) is 3.92. The molecule has 2 rings (SSSR count). The molecule has 2 aromatic rings. The van der Waals surface area contributed by atoms with E-state index in [-0.39, 0.29) is 5.91 Å². The maximum atomic E-state index is 12.0. The Labute approximate surface area is 129 Å². The maximum Gasteiger partial charge on any atom is 0.234 e. The van der Waals surface area contributed by atoms with Crippen LogP contribution < -0.4 is 11.1 Å². The first kappa shape index (κ1) is 15.4. The van der Waals surface area contributed by atoms with Crippen molar-refractivity contribution in [2.45, 2.75) is 25.7 Å². The fourth-order valence-corrected chi connectivity index (χ4v) is 2.79. The van der Waals surface area contributed by atoms with Gasteiger partial charge in [0.05, 0.1) is 5.75 Å². The molecule has 0 unspecified atom stereocenters. The number of nitrogens with one attached hydrogen (secondary N) is 1. The third kappa shape index (κ3) is 4.02. The summed E-state index contributed by atoms with van der Waals surface area (Å²) in [7, 11) is 0. The molecule has 0 atom stereocenters. The van der Waals surface area contributed by atoms with Crippen molar-refractivity contribution in [2.75, 3.05) is 16.8 Å². The second-order valence-corrected chi connectivity index (χ2v) is 6.14. The number of nitrogen functional groups attached to an aromatic ring is 1. The van der Waals surface area contributed by atoms with Crippen LogP contribution in [0, 0.1) is 20.8 Å². The van der Waals surface area contributed by atoms with Crippen molar-refractivity contribution < 1.29 is 4.79 Å². The first-order valence-corrected chi connectivity index (χ1v) is 7.81. The van der Waals surface area contributed by atoms with Crippen LogP contribution in [0.25, 0.3) is 0 Å². The number of carbonyl (C=O) groups is 1. The Kier molecular flexibility index (Phi) is 4.91. The molecule has 2 aromatic carbocycles. The van der Waals surface area contributed by atoms with Gasteiger partial charge in [0.25, 0.3) is 0 Å². The Hall–Kier alpha value is -1.94. The molecule has 0 aliphatic carbocycles. The summed E-state index contributed by atoms with van der Waals surface area (Å²) < 4.78 is 0. The van der Waals surface area contributed by atoms with E-state index in [1.165, 1.54) is 22.9 Å². The molecule has 3 nitrogen and oxygen atoms in total. The molecule has 0 saturated carbocycles. The van der Waals surface area contributed by atoms with Gasteiger partial charge in [0.15, 0.2) is 0 Å². The number of hydrogen-bond donors (Lipinski definition) is 2. The van der Waals surface area contributed by atoms with E-state index in [0.29, 0.717) is 5.75 Å². The van der Waals surface area contributed by atoms with E-state index in [1.807, 2.05) is 50.2 Å². The molecule has 1 amide bonds. The Balaban J connectivity index is 1.96. The fourth-order valence-electron chi connectivity index (χ4n) is 1.94. The van der Waals surface area contributed by atoms with Crippen molar-refractivity contribution in [3.05, 3.63) is 53.1 Å². The third-order valence-electron chi connectivity index (χ3n) is 3.43. The summed E-state index contributed by atoms with van der Waals surface area (Å²) in [5.74, 6) is 0.324. The van der Waals surface area contributed by atoms with Crippen LogP contribution in [0.1, 0.15) is 16.7 Å². The number of carbonyl (C=O) groups excluding carboxylic acids is 1. The van der Waals surface area contributed by atoms with Crippen molar-refractivity contribution in [1.82, 2.24) is 0 Å². The Bertz CT molecular complexity index is 668. The number of nitrogens with two attached hydrogens (primary N) is 1. The molecule has 4 heteroatoms. The summed E-state index contributed by atoms with van der Waals surface area (Å²) in [5, 5.41) is 2.91. The van der Waals surface area contributed by atoms with Crippen LogP contribution in [0.3, 0.4) is 0 Å².